The summed E-state index contributed by atoms with van der Waals surface area (Å²) < 4.78 is 7.07. The zero-order valence-corrected chi connectivity index (χ0v) is 12.8. The van der Waals surface area contributed by atoms with Crippen LogP contribution in [0.15, 0.2) is 54.9 Å². The number of halogens is 2. The maximum atomic E-state index is 9.95. The molecule has 0 saturated carbocycles. The minimum absolute atomic E-state index is 0.563. The summed E-state index contributed by atoms with van der Waals surface area (Å²) >= 11 is 8.31. The maximum Gasteiger partial charge on any atom is 0.147 e. The van der Waals surface area contributed by atoms with Crippen LogP contribution in [0.25, 0.3) is 0 Å². The van der Waals surface area contributed by atoms with E-state index in [4.69, 9.17) is 4.42 Å². The molecule has 1 unspecified atom stereocenters. The Balaban J connectivity index is 1.94. The monoisotopic (exact) mass is 376 g/mol. The third-order valence-corrected chi connectivity index (χ3v) is 4.44. The molecule has 2 nitrogen and oxygen atoms in total. The quantitative estimate of drug-likeness (QED) is 0.788. The maximum absolute atomic E-state index is 9.95. The third-order valence-electron chi connectivity index (χ3n) is 2.17. The highest BCUT2D eigenvalue weighted by Crippen LogP contribution is 2.30. The van der Waals surface area contributed by atoms with Gasteiger partial charge in [0.1, 0.15) is 11.9 Å². The Morgan fingerprint density at radius 1 is 1.18 bits per heavy atom. The first-order valence-corrected chi connectivity index (χ1v) is 7.53. The van der Waals surface area contributed by atoms with Gasteiger partial charge in [-0.3, -0.25) is 0 Å². The third kappa shape index (κ3) is 3.61. The van der Waals surface area contributed by atoms with Gasteiger partial charge in [-0.1, -0.05) is 15.9 Å². The van der Waals surface area contributed by atoms with Crippen LogP contribution in [0.3, 0.4) is 0 Å². The lowest BCUT2D eigenvalue weighted by Gasteiger charge is -2.08. The van der Waals surface area contributed by atoms with Crippen molar-refractivity contribution in [1.29, 1.82) is 0 Å². The van der Waals surface area contributed by atoms with Crippen molar-refractivity contribution in [3.8, 4) is 0 Å². The van der Waals surface area contributed by atoms with E-state index in [1.54, 1.807) is 24.1 Å². The van der Waals surface area contributed by atoms with Gasteiger partial charge in [0.2, 0.25) is 0 Å². The minimum Gasteiger partial charge on any atom is -0.465 e. The van der Waals surface area contributed by atoms with Crippen molar-refractivity contribution in [1.82, 2.24) is 0 Å². The summed E-state index contributed by atoms with van der Waals surface area (Å²) in [6.45, 7) is 0. The van der Waals surface area contributed by atoms with E-state index in [0.29, 0.717) is 11.5 Å². The van der Waals surface area contributed by atoms with Crippen molar-refractivity contribution in [2.24, 2.45) is 0 Å². The van der Waals surface area contributed by atoms with Gasteiger partial charge in [-0.2, -0.15) is 0 Å². The van der Waals surface area contributed by atoms with Gasteiger partial charge in [0.15, 0.2) is 0 Å². The largest absolute Gasteiger partial charge is 0.465 e. The lowest BCUT2D eigenvalue weighted by Crippen LogP contribution is -1.99. The number of aliphatic hydroxyl groups excluding tert-OH is 1. The van der Waals surface area contributed by atoms with Gasteiger partial charge in [0.25, 0.3) is 0 Å². The highest BCUT2D eigenvalue weighted by molar-refractivity contribution is 9.10. The second kappa shape index (κ2) is 6.09. The fraction of sp³-hybridized carbons (Fsp3) is 0.167. The summed E-state index contributed by atoms with van der Waals surface area (Å²) in [4.78, 5) is 1.12. The van der Waals surface area contributed by atoms with E-state index >= 15 is 0 Å². The highest BCUT2D eigenvalue weighted by Gasteiger charge is 2.14. The fourth-order valence-electron chi connectivity index (χ4n) is 1.32. The molecule has 1 heterocycles. The Morgan fingerprint density at radius 2 is 1.88 bits per heavy atom. The van der Waals surface area contributed by atoms with E-state index in [-0.39, 0.29) is 0 Å². The smallest absolute Gasteiger partial charge is 0.147 e. The highest BCUT2D eigenvalue weighted by atomic mass is 79.9. The Kier molecular flexibility index (Phi) is 4.73. The lowest BCUT2D eigenvalue weighted by molar-refractivity contribution is 0.173. The molecular formula is C12H10Br2O2S. The predicted octanol–water partition coefficient (Wildman–Crippen LogP) is 4.63. The number of hydrogen-bond acceptors (Lipinski definition) is 3. The molecule has 1 aromatic heterocycles. The van der Waals surface area contributed by atoms with E-state index in [2.05, 4.69) is 31.9 Å². The molecule has 0 aliphatic rings. The van der Waals surface area contributed by atoms with E-state index in [1.807, 2.05) is 24.3 Å². The van der Waals surface area contributed by atoms with E-state index in [0.717, 1.165) is 13.8 Å². The normalized spacial score (nSPS) is 12.6. The number of hydrogen-bond donors (Lipinski definition) is 1. The standard InChI is InChI=1S/C12H10Br2O2S/c13-8-1-3-9(4-2-8)17-7-11(15)12-10(14)5-6-16-12/h1-6,11,15H,7H2. The van der Waals surface area contributed by atoms with Crippen molar-refractivity contribution < 1.29 is 9.52 Å². The van der Waals surface area contributed by atoms with Crippen LogP contribution in [0, 0.1) is 0 Å². The van der Waals surface area contributed by atoms with Crippen LogP contribution in [-0.2, 0) is 0 Å². The molecule has 90 valence electrons. The van der Waals surface area contributed by atoms with Crippen LogP contribution in [0.1, 0.15) is 11.9 Å². The van der Waals surface area contributed by atoms with Crippen molar-refractivity contribution >= 4 is 43.6 Å². The summed E-state index contributed by atoms with van der Waals surface area (Å²) in [5.74, 6) is 1.14. The number of furan rings is 1. The summed E-state index contributed by atoms with van der Waals surface area (Å²) in [6.07, 6.45) is 0.959. The van der Waals surface area contributed by atoms with Crippen LogP contribution >= 0.6 is 43.6 Å². The molecule has 0 saturated heterocycles. The lowest BCUT2D eigenvalue weighted by atomic mass is 10.3. The molecule has 0 radical (unpaired) electrons. The first-order valence-electron chi connectivity index (χ1n) is 4.96. The molecule has 17 heavy (non-hydrogen) atoms. The zero-order valence-electron chi connectivity index (χ0n) is 8.77. The number of aliphatic hydroxyl groups is 1. The molecule has 0 amide bonds. The van der Waals surface area contributed by atoms with Crippen molar-refractivity contribution in [3.05, 3.63) is 51.3 Å². The Hall–Kier alpha value is -0.230. The second-order valence-corrected chi connectivity index (χ2v) is 6.28. The van der Waals surface area contributed by atoms with E-state index in [1.165, 1.54) is 0 Å². The van der Waals surface area contributed by atoms with Gasteiger partial charge < -0.3 is 9.52 Å². The fourth-order valence-corrected chi connectivity index (χ4v) is 2.89. The number of thioether (sulfide) groups is 1. The van der Waals surface area contributed by atoms with Crippen LogP contribution in [-0.4, -0.2) is 10.9 Å². The van der Waals surface area contributed by atoms with Crippen molar-refractivity contribution in [2.45, 2.75) is 11.0 Å². The van der Waals surface area contributed by atoms with Crippen LogP contribution in [0.4, 0.5) is 0 Å². The van der Waals surface area contributed by atoms with Gasteiger partial charge in [0, 0.05) is 15.1 Å². The zero-order chi connectivity index (χ0) is 12.3. The molecule has 0 aliphatic heterocycles. The minimum atomic E-state index is -0.604. The van der Waals surface area contributed by atoms with Crippen LogP contribution in [0.5, 0.6) is 0 Å². The average molecular weight is 378 g/mol. The summed E-state index contributed by atoms with van der Waals surface area (Å²) in [7, 11) is 0. The second-order valence-electron chi connectivity index (χ2n) is 3.41. The van der Waals surface area contributed by atoms with Gasteiger partial charge in [0.05, 0.1) is 10.7 Å². The Bertz CT molecular complexity index is 482. The van der Waals surface area contributed by atoms with Crippen molar-refractivity contribution in [3.63, 3.8) is 0 Å². The van der Waals surface area contributed by atoms with Gasteiger partial charge in [-0.15, -0.1) is 11.8 Å². The molecule has 0 bridgehead atoms. The Labute approximate surface area is 121 Å². The first-order chi connectivity index (χ1) is 8.16. The van der Waals surface area contributed by atoms with Crippen LogP contribution in [0.2, 0.25) is 0 Å². The number of rotatable bonds is 4. The number of benzene rings is 1. The summed E-state index contributed by atoms with van der Waals surface area (Å²) in [6, 6.07) is 9.77. The van der Waals surface area contributed by atoms with E-state index < -0.39 is 6.10 Å². The van der Waals surface area contributed by atoms with Crippen molar-refractivity contribution in [2.75, 3.05) is 5.75 Å². The molecule has 2 aromatic rings. The molecule has 1 atom stereocenters. The molecule has 1 aromatic carbocycles. The van der Waals surface area contributed by atoms with Gasteiger partial charge in [-0.05, 0) is 46.3 Å². The molecule has 5 heteroatoms. The van der Waals surface area contributed by atoms with E-state index in [9.17, 15) is 5.11 Å². The molecule has 0 spiro atoms. The molecule has 2 rings (SSSR count). The first kappa shape index (κ1) is 13.2. The summed E-state index contributed by atoms with van der Waals surface area (Å²) in [5, 5.41) is 9.95. The van der Waals surface area contributed by atoms with Gasteiger partial charge in [-0.25, -0.2) is 0 Å². The topological polar surface area (TPSA) is 33.4 Å². The Morgan fingerprint density at radius 3 is 2.47 bits per heavy atom. The molecular weight excluding hydrogens is 368 g/mol. The average Bonchev–Trinajstić information content (AvgIpc) is 2.74. The van der Waals surface area contributed by atoms with Gasteiger partial charge >= 0.3 is 0 Å². The predicted molar refractivity (Wildman–Crippen MR) is 76.2 cm³/mol. The summed E-state index contributed by atoms with van der Waals surface area (Å²) in [5.41, 5.74) is 0. The SMILES string of the molecule is OC(CSc1ccc(Br)cc1)c1occc1Br. The molecule has 0 fully saturated rings. The van der Waals surface area contributed by atoms with Crippen LogP contribution < -0.4 is 0 Å². The molecule has 0 aliphatic carbocycles. The molecule has 1 N–H and O–H groups in total.